The average Bonchev–Trinajstić information content (AvgIpc) is 2.68. The molecule has 1 aromatic rings. The lowest BCUT2D eigenvalue weighted by Crippen LogP contribution is -2.52. The van der Waals surface area contributed by atoms with E-state index >= 15 is 0 Å². The van der Waals surface area contributed by atoms with E-state index in [0.29, 0.717) is 19.2 Å². The van der Waals surface area contributed by atoms with Gasteiger partial charge in [0.05, 0.1) is 12.0 Å². The number of carbonyl (C=O) groups excluding carboxylic acids is 1. The predicted molar refractivity (Wildman–Crippen MR) is 88.6 cm³/mol. The zero-order chi connectivity index (χ0) is 16.1. The van der Waals surface area contributed by atoms with Crippen LogP contribution >= 0.6 is 0 Å². The number of benzene rings is 1. The number of hydrogen-bond donors (Lipinski definition) is 0. The Hall–Kier alpha value is -1.61. The molecule has 3 heteroatoms. The first-order chi connectivity index (χ1) is 10.3. The lowest BCUT2D eigenvalue weighted by molar-refractivity contribution is -0.153. The van der Waals surface area contributed by atoms with Crippen molar-refractivity contribution in [3.05, 3.63) is 41.5 Å². The third-order valence-electron chi connectivity index (χ3n) is 5.14. The van der Waals surface area contributed by atoms with Crippen molar-refractivity contribution in [2.24, 2.45) is 5.41 Å². The Morgan fingerprint density at radius 3 is 2.68 bits per heavy atom. The van der Waals surface area contributed by atoms with Gasteiger partial charge in [-0.25, -0.2) is 0 Å². The summed E-state index contributed by atoms with van der Waals surface area (Å²) in [5.74, 6) is -0.130. The van der Waals surface area contributed by atoms with Gasteiger partial charge in [-0.2, -0.15) is 0 Å². The zero-order valence-electron chi connectivity index (χ0n) is 14.1. The summed E-state index contributed by atoms with van der Waals surface area (Å²) in [5, 5.41) is 0. The van der Waals surface area contributed by atoms with Crippen LogP contribution in [-0.4, -0.2) is 37.1 Å². The minimum Gasteiger partial charge on any atom is -0.465 e. The largest absolute Gasteiger partial charge is 0.465 e. The first-order valence-electron chi connectivity index (χ1n) is 8.01. The molecule has 0 saturated carbocycles. The summed E-state index contributed by atoms with van der Waals surface area (Å²) in [6.45, 7) is 9.54. The van der Waals surface area contributed by atoms with Crippen LogP contribution < -0.4 is 0 Å². The second-order valence-corrected chi connectivity index (χ2v) is 7.32. The second-order valence-electron chi connectivity index (χ2n) is 7.32. The predicted octanol–water partition coefficient (Wildman–Crippen LogP) is 3.24. The van der Waals surface area contributed by atoms with Gasteiger partial charge >= 0.3 is 5.97 Å². The topological polar surface area (TPSA) is 29.5 Å². The molecule has 118 valence electrons. The highest BCUT2D eigenvalue weighted by Gasteiger charge is 2.51. The molecular weight excluding hydrogens is 274 g/mol. The summed E-state index contributed by atoms with van der Waals surface area (Å²) in [6, 6.07) is 8.88. The van der Waals surface area contributed by atoms with E-state index < -0.39 is 5.41 Å². The van der Waals surface area contributed by atoms with Gasteiger partial charge < -0.3 is 4.74 Å². The van der Waals surface area contributed by atoms with Crippen molar-refractivity contribution in [1.82, 2.24) is 4.90 Å². The molecule has 2 aliphatic rings. The van der Waals surface area contributed by atoms with Crippen LogP contribution in [0.15, 0.2) is 30.3 Å². The summed E-state index contributed by atoms with van der Waals surface area (Å²) in [6.07, 6.45) is 2.16. The van der Waals surface area contributed by atoms with Crippen LogP contribution in [0.2, 0.25) is 0 Å². The Bertz CT molecular complexity index is 647. The molecule has 0 fully saturated rings. The Kier molecular flexibility index (Phi) is 3.44. The van der Waals surface area contributed by atoms with Gasteiger partial charge in [0.2, 0.25) is 0 Å². The van der Waals surface area contributed by atoms with Gasteiger partial charge in [0, 0.05) is 18.0 Å². The molecule has 0 spiro atoms. The van der Waals surface area contributed by atoms with Crippen molar-refractivity contribution in [2.75, 3.05) is 20.2 Å². The molecule has 0 radical (unpaired) electrons. The van der Waals surface area contributed by atoms with E-state index in [-0.39, 0.29) is 11.4 Å². The van der Waals surface area contributed by atoms with Crippen molar-refractivity contribution >= 4 is 11.5 Å². The van der Waals surface area contributed by atoms with E-state index in [9.17, 15) is 4.79 Å². The maximum atomic E-state index is 12.4. The maximum absolute atomic E-state index is 12.4. The van der Waals surface area contributed by atoms with Crippen molar-refractivity contribution in [3.63, 3.8) is 0 Å². The van der Waals surface area contributed by atoms with E-state index in [0.717, 1.165) is 0 Å². The number of fused-ring (bicyclic) bond motifs is 3. The monoisotopic (exact) mass is 299 g/mol. The standard InChI is InChI=1S/C19H25NO2/c1-6-22-17(21)19(4)11-14-13-9-7-8-10-15(13)18(2,3)16(14)20(5)12-19/h7-11,16H,6,12H2,1-5H3/t16-,19+/m0/s1. The van der Waals surface area contributed by atoms with Crippen LogP contribution in [0.25, 0.3) is 5.57 Å². The molecule has 0 bridgehead atoms. The lowest BCUT2D eigenvalue weighted by atomic mass is 9.76. The smallest absolute Gasteiger partial charge is 0.316 e. The SMILES string of the molecule is CCOC(=O)[C@]1(C)C=C2c3ccccc3C(C)(C)[C@H]2N(C)C1. The fraction of sp³-hybridized carbons (Fsp3) is 0.526. The molecule has 0 aromatic heterocycles. The van der Waals surface area contributed by atoms with E-state index in [1.807, 2.05) is 13.8 Å². The molecule has 3 rings (SSSR count). The minimum atomic E-state index is -0.579. The van der Waals surface area contributed by atoms with Crippen LogP contribution in [0.1, 0.15) is 38.8 Å². The van der Waals surface area contributed by atoms with Gasteiger partial charge in [-0.1, -0.05) is 44.2 Å². The van der Waals surface area contributed by atoms with E-state index in [1.165, 1.54) is 16.7 Å². The van der Waals surface area contributed by atoms with Crippen molar-refractivity contribution < 1.29 is 9.53 Å². The van der Waals surface area contributed by atoms with Gasteiger partial charge in [0.15, 0.2) is 0 Å². The molecule has 1 heterocycles. The minimum absolute atomic E-state index is 0.0488. The molecule has 0 unspecified atom stereocenters. The first kappa shape index (κ1) is 15.3. The third-order valence-corrected chi connectivity index (χ3v) is 5.14. The highest BCUT2D eigenvalue weighted by molar-refractivity contribution is 5.88. The highest BCUT2D eigenvalue weighted by atomic mass is 16.5. The van der Waals surface area contributed by atoms with Crippen LogP contribution in [0.5, 0.6) is 0 Å². The van der Waals surface area contributed by atoms with Crippen LogP contribution in [0, 0.1) is 5.41 Å². The number of hydrogen-bond acceptors (Lipinski definition) is 3. The quantitative estimate of drug-likeness (QED) is 0.785. The molecule has 2 atom stereocenters. The number of ether oxygens (including phenoxy) is 1. The molecule has 0 saturated heterocycles. The van der Waals surface area contributed by atoms with Crippen LogP contribution in [-0.2, 0) is 14.9 Å². The maximum Gasteiger partial charge on any atom is 0.316 e. The molecule has 0 N–H and O–H groups in total. The summed E-state index contributed by atoms with van der Waals surface area (Å²) >= 11 is 0. The number of nitrogens with zero attached hydrogens (tertiary/aromatic N) is 1. The summed E-state index contributed by atoms with van der Waals surface area (Å²) in [5.41, 5.74) is 3.38. The van der Waals surface area contributed by atoms with Gasteiger partial charge in [-0.05, 0) is 37.6 Å². The Labute approximate surface area is 133 Å². The van der Waals surface area contributed by atoms with Crippen molar-refractivity contribution in [1.29, 1.82) is 0 Å². The highest BCUT2D eigenvalue weighted by Crippen LogP contribution is 2.51. The fourth-order valence-corrected chi connectivity index (χ4v) is 4.34. The van der Waals surface area contributed by atoms with E-state index in [2.05, 4.69) is 56.1 Å². The molecule has 22 heavy (non-hydrogen) atoms. The molecule has 1 aliphatic heterocycles. The van der Waals surface area contributed by atoms with E-state index in [1.54, 1.807) is 0 Å². The van der Waals surface area contributed by atoms with Gasteiger partial charge in [0.1, 0.15) is 0 Å². The van der Waals surface area contributed by atoms with Gasteiger partial charge in [-0.15, -0.1) is 0 Å². The molecular formula is C19H25NO2. The number of carbonyl (C=O) groups is 1. The van der Waals surface area contributed by atoms with Gasteiger partial charge in [0.25, 0.3) is 0 Å². The number of likely N-dealkylation sites (N-methyl/N-ethyl adjacent to an activating group) is 1. The number of esters is 1. The summed E-state index contributed by atoms with van der Waals surface area (Å²) < 4.78 is 5.31. The normalized spacial score (nSPS) is 29.5. The van der Waals surface area contributed by atoms with Gasteiger partial charge in [-0.3, -0.25) is 9.69 Å². The Balaban J connectivity index is 2.14. The molecule has 3 nitrogen and oxygen atoms in total. The zero-order valence-corrected chi connectivity index (χ0v) is 14.1. The van der Waals surface area contributed by atoms with E-state index in [4.69, 9.17) is 4.74 Å². The Morgan fingerprint density at radius 1 is 1.32 bits per heavy atom. The lowest BCUT2D eigenvalue weighted by Gasteiger charge is -2.43. The van der Waals surface area contributed by atoms with Crippen LogP contribution in [0.3, 0.4) is 0 Å². The molecule has 0 amide bonds. The summed E-state index contributed by atoms with van der Waals surface area (Å²) in [4.78, 5) is 14.7. The molecule has 1 aliphatic carbocycles. The Morgan fingerprint density at radius 2 is 2.00 bits per heavy atom. The second kappa shape index (κ2) is 4.95. The van der Waals surface area contributed by atoms with Crippen molar-refractivity contribution in [3.8, 4) is 0 Å². The summed E-state index contributed by atoms with van der Waals surface area (Å²) in [7, 11) is 2.11. The first-order valence-corrected chi connectivity index (χ1v) is 8.01. The molecule has 1 aromatic carbocycles. The fourth-order valence-electron chi connectivity index (χ4n) is 4.34. The third kappa shape index (κ3) is 2.03. The van der Waals surface area contributed by atoms with Crippen molar-refractivity contribution in [2.45, 2.75) is 39.2 Å². The van der Waals surface area contributed by atoms with Crippen LogP contribution in [0.4, 0.5) is 0 Å². The average molecular weight is 299 g/mol. The number of rotatable bonds is 2.